The molecule has 0 aromatic heterocycles. The molecule has 1 atom stereocenters. The molecule has 0 spiro atoms. The predicted octanol–water partition coefficient (Wildman–Crippen LogP) is 4.90. The molecular formula is C17H18BrNO2. The molecule has 0 aliphatic carbocycles. The Morgan fingerprint density at radius 1 is 1.24 bits per heavy atom. The summed E-state index contributed by atoms with van der Waals surface area (Å²) in [6.07, 6.45) is 0.729. The Morgan fingerprint density at radius 2 is 2.00 bits per heavy atom. The van der Waals surface area contributed by atoms with Gasteiger partial charge in [0.2, 0.25) is 5.91 Å². The summed E-state index contributed by atoms with van der Waals surface area (Å²) in [5.41, 5.74) is 1.79. The number of rotatable bonds is 5. The molecule has 4 heteroatoms. The van der Waals surface area contributed by atoms with E-state index in [0.717, 1.165) is 17.7 Å². The van der Waals surface area contributed by atoms with Crippen LogP contribution in [0.2, 0.25) is 0 Å². The van der Waals surface area contributed by atoms with Crippen LogP contribution in [-0.2, 0) is 4.79 Å². The molecule has 0 bridgehead atoms. The number of hydrogen-bond acceptors (Lipinski definition) is 2. The van der Waals surface area contributed by atoms with Crippen LogP contribution in [0.25, 0.3) is 0 Å². The van der Waals surface area contributed by atoms with Crippen LogP contribution in [0.3, 0.4) is 0 Å². The highest BCUT2D eigenvalue weighted by Crippen LogP contribution is 2.30. The molecule has 1 unspecified atom stereocenters. The molecule has 0 fully saturated rings. The van der Waals surface area contributed by atoms with Crippen molar-refractivity contribution in [2.75, 3.05) is 5.32 Å². The van der Waals surface area contributed by atoms with Crippen molar-refractivity contribution < 1.29 is 9.53 Å². The standard InChI is InChI=1S/C17H18BrNO2/c1-3-14(18)17(20)19-15-9-4-5-10-16(15)21-13-8-6-7-12(2)11-13/h4-11,14H,3H2,1-2H3,(H,19,20). The number of alkyl halides is 1. The van der Waals surface area contributed by atoms with Gasteiger partial charge in [0.1, 0.15) is 5.75 Å². The van der Waals surface area contributed by atoms with Crippen molar-refractivity contribution in [1.82, 2.24) is 0 Å². The number of para-hydroxylation sites is 2. The summed E-state index contributed by atoms with van der Waals surface area (Å²) in [7, 11) is 0. The Morgan fingerprint density at radius 3 is 2.71 bits per heavy atom. The number of carbonyl (C=O) groups excluding carboxylic acids is 1. The Labute approximate surface area is 133 Å². The normalized spacial score (nSPS) is 11.8. The number of halogens is 1. The van der Waals surface area contributed by atoms with Crippen LogP contribution in [0.5, 0.6) is 11.5 Å². The SMILES string of the molecule is CCC(Br)C(=O)Nc1ccccc1Oc1cccc(C)c1. The minimum Gasteiger partial charge on any atom is -0.455 e. The summed E-state index contributed by atoms with van der Waals surface area (Å²) < 4.78 is 5.87. The Hall–Kier alpha value is -1.81. The van der Waals surface area contributed by atoms with Gasteiger partial charge in [-0.1, -0.05) is 47.1 Å². The molecule has 2 rings (SSSR count). The fourth-order valence-corrected chi connectivity index (χ4v) is 1.98. The molecular weight excluding hydrogens is 330 g/mol. The molecule has 21 heavy (non-hydrogen) atoms. The van der Waals surface area contributed by atoms with Gasteiger partial charge in [-0.15, -0.1) is 0 Å². The lowest BCUT2D eigenvalue weighted by Gasteiger charge is -2.14. The highest BCUT2D eigenvalue weighted by molar-refractivity contribution is 9.10. The number of benzene rings is 2. The number of amides is 1. The maximum atomic E-state index is 12.0. The first-order valence-electron chi connectivity index (χ1n) is 6.88. The molecule has 0 aliphatic heterocycles. The summed E-state index contributed by atoms with van der Waals surface area (Å²) in [6.45, 7) is 3.96. The topological polar surface area (TPSA) is 38.3 Å². The van der Waals surface area contributed by atoms with Gasteiger partial charge in [-0.25, -0.2) is 0 Å². The van der Waals surface area contributed by atoms with Gasteiger partial charge in [-0.05, 0) is 43.2 Å². The van der Waals surface area contributed by atoms with Gasteiger partial charge >= 0.3 is 0 Å². The first-order valence-corrected chi connectivity index (χ1v) is 7.80. The Balaban J connectivity index is 2.19. The van der Waals surface area contributed by atoms with Crippen molar-refractivity contribution in [1.29, 1.82) is 0 Å². The van der Waals surface area contributed by atoms with Crippen molar-refractivity contribution in [3.05, 3.63) is 54.1 Å². The third kappa shape index (κ3) is 4.33. The number of hydrogen-bond donors (Lipinski definition) is 1. The molecule has 2 aromatic carbocycles. The van der Waals surface area contributed by atoms with Gasteiger partial charge in [0.05, 0.1) is 10.5 Å². The van der Waals surface area contributed by atoms with Crippen LogP contribution < -0.4 is 10.1 Å². The molecule has 0 saturated carbocycles. The van der Waals surface area contributed by atoms with E-state index in [1.54, 1.807) is 0 Å². The van der Waals surface area contributed by atoms with E-state index in [0.29, 0.717) is 11.4 Å². The van der Waals surface area contributed by atoms with Gasteiger partial charge < -0.3 is 10.1 Å². The monoisotopic (exact) mass is 347 g/mol. The summed E-state index contributed by atoms with van der Waals surface area (Å²) in [5, 5.41) is 2.89. The first kappa shape index (κ1) is 15.6. The summed E-state index contributed by atoms with van der Waals surface area (Å²) in [6, 6.07) is 15.2. The molecule has 0 saturated heterocycles. The zero-order valence-electron chi connectivity index (χ0n) is 12.1. The second kappa shape index (κ2) is 7.27. The number of aryl methyl sites for hydroxylation is 1. The lowest BCUT2D eigenvalue weighted by molar-refractivity contribution is -0.115. The van der Waals surface area contributed by atoms with Crippen LogP contribution in [0.4, 0.5) is 5.69 Å². The molecule has 110 valence electrons. The smallest absolute Gasteiger partial charge is 0.238 e. The fraction of sp³-hybridized carbons (Fsp3) is 0.235. The third-order valence-corrected chi connectivity index (χ3v) is 4.07. The van der Waals surface area contributed by atoms with Crippen molar-refractivity contribution in [3.63, 3.8) is 0 Å². The van der Waals surface area contributed by atoms with Crippen molar-refractivity contribution in [2.45, 2.75) is 25.1 Å². The maximum absolute atomic E-state index is 12.0. The van der Waals surface area contributed by atoms with E-state index < -0.39 is 0 Å². The molecule has 1 amide bonds. The molecule has 2 aromatic rings. The lowest BCUT2D eigenvalue weighted by Crippen LogP contribution is -2.22. The van der Waals surface area contributed by atoms with E-state index in [4.69, 9.17) is 4.74 Å². The second-order valence-corrected chi connectivity index (χ2v) is 5.89. The van der Waals surface area contributed by atoms with Crippen LogP contribution in [0.15, 0.2) is 48.5 Å². The van der Waals surface area contributed by atoms with Crippen LogP contribution in [-0.4, -0.2) is 10.7 Å². The van der Waals surface area contributed by atoms with E-state index in [2.05, 4.69) is 21.2 Å². The Kier molecular flexibility index (Phi) is 5.39. The first-order chi connectivity index (χ1) is 10.1. The average molecular weight is 348 g/mol. The zero-order valence-corrected chi connectivity index (χ0v) is 13.7. The largest absolute Gasteiger partial charge is 0.455 e. The van der Waals surface area contributed by atoms with E-state index in [9.17, 15) is 4.79 Å². The van der Waals surface area contributed by atoms with Crippen molar-refractivity contribution >= 4 is 27.5 Å². The van der Waals surface area contributed by atoms with Gasteiger partial charge in [0, 0.05) is 0 Å². The zero-order chi connectivity index (χ0) is 15.2. The van der Waals surface area contributed by atoms with Crippen LogP contribution >= 0.6 is 15.9 Å². The minimum absolute atomic E-state index is 0.0715. The van der Waals surface area contributed by atoms with E-state index in [1.165, 1.54) is 0 Å². The molecule has 0 aliphatic rings. The summed E-state index contributed by atoms with van der Waals surface area (Å²) in [4.78, 5) is 11.8. The molecule has 0 radical (unpaired) electrons. The number of anilines is 1. The molecule has 1 N–H and O–H groups in total. The minimum atomic E-state index is -0.204. The quantitative estimate of drug-likeness (QED) is 0.781. The summed E-state index contributed by atoms with van der Waals surface area (Å²) >= 11 is 3.35. The number of ether oxygens (including phenoxy) is 1. The van der Waals surface area contributed by atoms with Crippen molar-refractivity contribution in [3.8, 4) is 11.5 Å². The van der Waals surface area contributed by atoms with Gasteiger partial charge in [-0.3, -0.25) is 4.79 Å². The number of nitrogens with one attached hydrogen (secondary N) is 1. The van der Waals surface area contributed by atoms with E-state index in [1.807, 2.05) is 62.4 Å². The van der Waals surface area contributed by atoms with Gasteiger partial charge in [0.15, 0.2) is 5.75 Å². The van der Waals surface area contributed by atoms with E-state index in [-0.39, 0.29) is 10.7 Å². The molecule has 3 nitrogen and oxygen atoms in total. The third-order valence-electron chi connectivity index (χ3n) is 3.01. The highest BCUT2D eigenvalue weighted by atomic mass is 79.9. The highest BCUT2D eigenvalue weighted by Gasteiger charge is 2.14. The van der Waals surface area contributed by atoms with Gasteiger partial charge in [-0.2, -0.15) is 0 Å². The second-order valence-electron chi connectivity index (χ2n) is 4.78. The van der Waals surface area contributed by atoms with Crippen LogP contribution in [0.1, 0.15) is 18.9 Å². The predicted molar refractivity (Wildman–Crippen MR) is 89.3 cm³/mol. The fourth-order valence-electron chi connectivity index (χ4n) is 1.86. The molecule has 0 heterocycles. The van der Waals surface area contributed by atoms with Gasteiger partial charge in [0.25, 0.3) is 0 Å². The Bertz CT molecular complexity index is 628. The number of carbonyl (C=O) groups is 1. The average Bonchev–Trinajstić information content (AvgIpc) is 2.48. The van der Waals surface area contributed by atoms with Crippen LogP contribution in [0, 0.1) is 6.92 Å². The maximum Gasteiger partial charge on any atom is 0.238 e. The lowest BCUT2D eigenvalue weighted by atomic mass is 10.2. The van der Waals surface area contributed by atoms with Crippen molar-refractivity contribution in [2.24, 2.45) is 0 Å². The summed E-state index contributed by atoms with van der Waals surface area (Å²) in [5.74, 6) is 1.31. The van der Waals surface area contributed by atoms with E-state index >= 15 is 0 Å².